The van der Waals surface area contributed by atoms with Crippen LogP contribution in [0.3, 0.4) is 0 Å². The first kappa shape index (κ1) is 19.9. The molecule has 0 fully saturated rings. The Labute approximate surface area is 142 Å². The molecule has 1 aromatic carbocycles. The van der Waals surface area contributed by atoms with Gasteiger partial charge in [0.25, 0.3) is 5.91 Å². The molecular weight excluding hydrogens is 302 g/mol. The van der Waals surface area contributed by atoms with Gasteiger partial charge in [0.1, 0.15) is 0 Å². The topological polar surface area (TPSA) is 40.5 Å². The molecule has 0 saturated heterocycles. The number of hydrogen-bond donors (Lipinski definition) is 1. The number of nitrogens with zero attached hydrogens (tertiary/aromatic N) is 1. The summed E-state index contributed by atoms with van der Waals surface area (Å²) in [5, 5.41) is 11.6. The summed E-state index contributed by atoms with van der Waals surface area (Å²) in [5.74, 6) is 0.0514. The van der Waals surface area contributed by atoms with E-state index in [0.29, 0.717) is 6.42 Å². The molecular formula is C19H33NO2Si. The second-order valence-electron chi connectivity index (χ2n) is 7.84. The van der Waals surface area contributed by atoms with E-state index in [9.17, 15) is 9.90 Å². The summed E-state index contributed by atoms with van der Waals surface area (Å²) < 4.78 is 0. The summed E-state index contributed by atoms with van der Waals surface area (Å²) in [4.78, 5) is 15.3. The Hall–Kier alpha value is -1.13. The van der Waals surface area contributed by atoms with Crippen molar-refractivity contribution in [3.05, 3.63) is 29.3 Å². The van der Waals surface area contributed by atoms with Gasteiger partial charge in [-0.3, -0.25) is 4.79 Å². The molecule has 0 aliphatic rings. The van der Waals surface area contributed by atoms with Gasteiger partial charge in [-0.1, -0.05) is 44.8 Å². The lowest BCUT2D eigenvalue weighted by Gasteiger charge is -2.34. The predicted molar refractivity (Wildman–Crippen MR) is 101 cm³/mol. The van der Waals surface area contributed by atoms with Crippen LogP contribution in [-0.4, -0.2) is 36.1 Å². The first-order valence-corrected chi connectivity index (χ1v) is 12.2. The molecule has 0 spiro atoms. The summed E-state index contributed by atoms with van der Waals surface area (Å²) >= 11 is 0. The SMILES string of the molecule is CCC(O)c1cccc([Si](C)(C)C)c1C(=O)N(C(C)C)C(C)C. The minimum absolute atomic E-state index is 0.0514. The van der Waals surface area contributed by atoms with E-state index < -0.39 is 14.2 Å². The molecule has 0 bridgehead atoms. The smallest absolute Gasteiger partial charge is 0.254 e. The second kappa shape index (κ2) is 7.62. The van der Waals surface area contributed by atoms with E-state index in [1.54, 1.807) is 0 Å². The van der Waals surface area contributed by atoms with Gasteiger partial charge in [-0.05, 0) is 44.9 Å². The molecule has 130 valence electrons. The Morgan fingerprint density at radius 2 is 1.65 bits per heavy atom. The standard InChI is InChI=1S/C19H33NO2Si/c1-9-16(21)15-11-10-12-17(23(6,7)8)18(15)19(22)20(13(2)3)14(4)5/h10-14,16,21H,9H2,1-8H3. The van der Waals surface area contributed by atoms with Crippen molar-refractivity contribution in [1.82, 2.24) is 4.90 Å². The first-order chi connectivity index (χ1) is 10.5. The van der Waals surface area contributed by atoms with E-state index in [2.05, 4.69) is 25.7 Å². The summed E-state index contributed by atoms with van der Waals surface area (Å²) in [7, 11) is -1.70. The van der Waals surface area contributed by atoms with Crippen molar-refractivity contribution in [1.29, 1.82) is 0 Å². The molecule has 0 radical (unpaired) electrons. The Bertz CT molecular complexity index is 539. The van der Waals surface area contributed by atoms with Gasteiger partial charge in [0.05, 0.1) is 14.2 Å². The van der Waals surface area contributed by atoms with Crippen LogP contribution in [0, 0.1) is 0 Å². The van der Waals surface area contributed by atoms with Crippen molar-refractivity contribution in [3.8, 4) is 0 Å². The molecule has 1 atom stereocenters. The van der Waals surface area contributed by atoms with Crippen molar-refractivity contribution in [2.24, 2.45) is 0 Å². The number of benzene rings is 1. The Balaban J connectivity index is 3.61. The van der Waals surface area contributed by atoms with Gasteiger partial charge in [-0.25, -0.2) is 0 Å². The Morgan fingerprint density at radius 3 is 2.04 bits per heavy atom. The largest absolute Gasteiger partial charge is 0.388 e. The lowest BCUT2D eigenvalue weighted by molar-refractivity contribution is 0.0637. The minimum Gasteiger partial charge on any atom is -0.388 e. The van der Waals surface area contributed by atoms with Crippen LogP contribution in [0.1, 0.15) is 63.1 Å². The maximum atomic E-state index is 13.4. The fourth-order valence-corrected chi connectivity index (χ4v) is 4.72. The second-order valence-corrected chi connectivity index (χ2v) is 12.9. The highest BCUT2D eigenvalue weighted by Gasteiger charge is 2.31. The molecule has 1 amide bonds. The molecule has 3 nitrogen and oxygen atoms in total. The van der Waals surface area contributed by atoms with Crippen molar-refractivity contribution < 1.29 is 9.90 Å². The molecule has 0 heterocycles. The van der Waals surface area contributed by atoms with E-state index in [4.69, 9.17) is 0 Å². The third kappa shape index (κ3) is 4.45. The predicted octanol–water partition coefficient (Wildman–Crippen LogP) is 3.93. The van der Waals surface area contributed by atoms with Gasteiger partial charge < -0.3 is 10.0 Å². The number of aliphatic hydroxyl groups excluding tert-OH is 1. The monoisotopic (exact) mass is 335 g/mol. The number of aliphatic hydroxyl groups is 1. The van der Waals surface area contributed by atoms with E-state index >= 15 is 0 Å². The molecule has 1 rings (SSSR count). The van der Waals surface area contributed by atoms with E-state index in [-0.39, 0.29) is 18.0 Å². The van der Waals surface area contributed by atoms with Crippen LogP contribution < -0.4 is 5.19 Å². The maximum absolute atomic E-state index is 13.4. The van der Waals surface area contributed by atoms with Crippen LogP contribution in [0.15, 0.2) is 18.2 Å². The van der Waals surface area contributed by atoms with Gasteiger partial charge in [0, 0.05) is 17.6 Å². The summed E-state index contributed by atoms with van der Waals surface area (Å²) in [5.41, 5.74) is 1.52. The average molecular weight is 336 g/mol. The Morgan fingerprint density at radius 1 is 1.13 bits per heavy atom. The lowest BCUT2D eigenvalue weighted by Crippen LogP contribution is -2.48. The first-order valence-electron chi connectivity index (χ1n) is 8.66. The van der Waals surface area contributed by atoms with Crippen LogP contribution in [0.25, 0.3) is 0 Å². The number of carbonyl (C=O) groups excluding carboxylic acids is 1. The molecule has 0 saturated carbocycles. The molecule has 1 aromatic rings. The summed E-state index contributed by atoms with van der Waals surface area (Å²) in [6.07, 6.45) is 0.0186. The van der Waals surface area contributed by atoms with Crippen LogP contribution in [0.2, 0.25) is 19.6 Å². The molecule has 1 N–H and O–H groups in total. The molecule has 1 unspecified atom stereocenters. The molecule has 0 aliphatic heterocycles. The van der Waals surface area contributed by atoms with Crippen LogP contribution >= 0.6 is 0 Å². The average Bonchev–Trinajstić information content (AvgIpc) is 2.43. The zero-order valence-corrected chi connectivity index (χ0v) is 17.0. The van der Waals surface area contributed by atoms with Crippen LogP contribution in [0.4, 0.5) is 0 Å². The number of amides is 1. The third-order valence-electron chi connectivity index (χ3n) is 4.21. The summed E-state index contributed by atoms with van der Waals surface area (Å²) in [6, 6.07) is 6.22. The zero-order chi connectivity index (χ0) is 17.9. The fraction of sp³-hybridized carbons (Fsp3) is 0.632. The quantitative estimate of drug-likeness (QED) is 0.800. The van der Waals surface area contributed by atoms with Crippen molar-refractivity contribution >= 4 is 19.2 Å². The maximum Gasteiger partial charge on any atom is 0.254 e. The van der Waals surface area contributed by atoms with E-state index in [1.807, 2.05) is 51.7 Å². The van der Waals surface area contributed by atoms with Crippen LogP contribution in [0.5, 0.6) is 0 Å². The van der Waals surface area contributed by atoms with Gasteiger partial charge in [-0.15, -0.1) is 0 Å². The molecule has 4 heteroatoms. The zero-order valence-electron chi connectivity index (χ0n) is 16.0. The van der Waals surface area contributed by atoms with E-state index in [1.165, 1.54) is 0 Å². The van der Waals surface area contributed by atoms with Crippen molar-refractivity contribution in [3.63, 3.8) is 0 Å². The normalized spacial score (nSPS) is 13.5. The van der Waals surface area contributed by atoms with Gasteiger partial charge in [-0.2, -0.15) is 0 Å². The summed E-state index contributed by atoms with van der Waals surface area (Å²) in [6.45, 7) is 16.9. The fourth-order valence-electron chi connectivity index (χ4n) is 3.13. The van der Waals surface area contributed by atoms with Crippen LogP contribution in [-0.2, 0) is 0 Å². The van der Waals surface area contributed by atoms with Gasteiger partial charge in [0.15, 0.2) is 0 Å². The highest BCUT2D eigenvalue weighted by molar-refractivity contribution is 6.89. The highest BCUT2D eigenvalue weighted by Crippen LogP contribution is 2.24. The number of hydrogen-bond acceptors (Lipinski definition) is 2. The Kier molecular flexibility index (Phi) is 6.60. The number of carbonyl (C=O) groups is 1. The number of rotatable bonds is 6. The molecule has 23 heavy (non-hydrogen) atoms. The highest BCUT2D eigenvalue weighted by atomic mass is 28.3. The third-order valence-corrected chi connectivity index (χ3v) is 6.24. The molecule has 0 aromatic heterocycles. The molecule has 0 aliphatic carbocycles. The van der Waals surface area contributed by atoms with Gasteiger partial charge in [0.2, 0.25) is 0 Å². The lowest BCUT2D eigenvalue weighted by atomic mass is 9.98. The van der Waals surface area contributed by atoms with Crippen molar-refractivity contribution in [2.45, 2.75) is 78.9 Å². The van der Waals surface area contributed by atoms with E-state index in [0.717, 1.165) is 16.3 Å². The van der Waals surface area contributed by atoms with Crippen molar-refractivity contribution in [2.75, 3.05) is 0 Å². The van der Waals surface area contributed by atoms with Gasteiger partial charge >= 0.3 is 0 Å². The minimum atomic E-state index is -1.70.